The van der Waals surface area contributed by atoms with Gasteiger partial charge in [-0.05, 0) is 42.0 Å². The van der Waals surface area contributed by atoms with E-state index in [-0.39, 0.29) is 5.41 Å². The van der Waals surface area contributed by atoms with Gasteiger partial charge in [0.05, 0.1) is 5.52 Å². The summed E-state index contributed by atoms with van der Waals surface area (Å²) in [6.07, 6.45) is 6.50. The third-order valence-corrected chi connectivity index (χ3v) is 7.33. The van der Waals surface area contributed by atoms with Crippen LogP contribution in [0.3, 0.4) is 0 Å². The van der Waals surface area contributed by atoms with Crippen LogP contribution in [0, 0.1) is 11.3 Å². The average molecular weight is 460 g/mol. The van der Waals surface area contributed by atoms with Crippen LogP contribution in [0.4, 0.5) is 5.69 Å². The van der Waals surface area contributed by atoms with E-state index in [0.29, 0.717) is 10.9 Å². The van der Waals surface area contributed by atoms with Gasteiger partial charge in [-0.25, -0.2) is 0 Å². The largest absolute Gasteiger partial charge is 0.383 e. The first-order chi connectivity index (χ1) is 15.3. The number of pyridine rings is 1. The normalized spacial score (nSPS) is 29.7. The summed E-state index contributed by atoms with van der Waals surface area (Å²) >= 11 is 6.10. The van der Waals surface area contributed by atoms with E-state index < -0.39 is 11.6 Å². The molecule has 2 spiro atoms. The summed E-state index contributed by atoms with van der Waals surface area (Å²) in [5.74, 6) is -0.586. The SMILES string of the molecule is C[C@H]1CC(C)(C)CC2(C1)OOC1(CCN(CCNc3ccnc4cc(Cl)ccc34)CC1)O2. The van der Waals surface area contributed by atoms with Gasteiger partial charge in [0.25, 0.3) is 0 Å². The summed E-state index contributed by atoms with van der Waals surface area (Å²) in [6, 6.07) is 7.85. The van der Waals surface area contributed by atoms with Crippen molar-refractivity contribution in [2.45, 2.75) is 64.4 Å². The molecule has 2 aromatic rings. The Balaban J connectivity index is 1.14. The number of hydrogen-bond acceptors (Lipinski definition) is 6. The second kappa shape index (κ2) is 8.41. The summed E-state index contributed by atoms with van der Waals surface area (Å²) in [5, 5.41) is 5.36. The Bertz CT molecular complexity index is 976. The Hall–Kier alpha value is -1.44. The fourth-order valence-corrected chi connectivity index (χ4v) is 6.18. The molecule has 3 fully saturated rings. The first kappa shape index (κ1) is 22.4. The number of ether oxygens (including phenoxy) is 1. The predicted molar refractivity (Wildman–Crippen MR) is 126 cm³/mol. The number of halogens is 1. The van der Waals surface area contributed by atoms with Crippen molar-refractivity contribution in [2.24, 2.45) is 11.3 Å². The molecule has 0 amide bonds. The van der Waals surface area contributed by atoms with Gasteiger partial charge in [-0.3, -0.25) is 4.98 Å². The summed E-state index contributed by atoms with van der Waals surface area (Å²) in [6.45, 7) is 10.6. The third kappa shape index (κ3) is 4.62. The van der Waals surface area contributed by atoms with Gasteiger partial charge in [0.2, 0.25) is 11.6 Å². The van der Waals surface area contributed by atoms with Gasteiger partial charge in [-0.15, -0.1) is 0 Å². The molecular weight excluding hydrogens is 426 g/mol. The zero-order valence-corrected chi connectivity index (χ0v) is 20.1. The van der Waals surface area contributed by atoms with Crippen LogP contribution in [0.1, 0.15) is 52.9 Å². The summed E-state index contributed by atoms with van der Waals surface area (Å²) < 4.78 is 6.60. The maximum atomic E-state index is 6.60. The molecule has 1 aromatic carbocycles. The predicted octanol–water partition coefficient (Wildman–Crippen LogP) is 5.61. The molecule has 7 heteroatoms. The lowest BCUT2D eigenvalue weighted by atomic mass is 9.70. The molecule has 1 N–H and O–H groups in total. The molecule has 2 aliphatic heterocycles. The molecule has 6 nitrogen and oxygen atoms in total. The number of nitrogens with one attached hydrogen (secondary N) is 1. The first-order valence-electron chi connectivity index (χ1n) is 11.8. The van der Waals surface area contributed by atoms with E-state index in [4.69, 9.17) is 26.1 Å². The van der Waals surface area contributed by atoms with Crippen LogP contribution in [0.2, 0.25) is 5.02 Å². The summed E-state index contributed by atoms with van der Waals surface area (Å²) in [5.41, 5.74) is 2.21. The number of fused-ring (bicyclic) bond motifs is 1. The van der Waals surface area contributed by atoms with E-state index >= 15 is 0 Å². The molecule has 0 bridgehead atoms. The first-order valence-corrected chi connectivity index (χ1v) is 12.2. The van der Waals surface area contributed by atoms with Crippen LogP contribution in [0.5, 0.6) is 0 Å². The van der Waals surface area contributed by atoms with Gasteiger partial charge >= 0.3 is 0 Å². The molecular formula is C25H34ClN3O3. The highest BCUT2D eigenvalue weighted by atomic mass is 35.5. The fraction of sp³-hybridized carbons (Fsp3) is 0.640. The molecule has 2 atom stereocenters. The number of likely N-dealkylation sites (tertiary alicyclic amines) is 1. The highest BCUT2D eigenvalue weighted by Gasteiger charge is 2.57. The highest BCUT2D eigenvalue weighted by Crippen LogP contribution is 2.52. The smallest absolute Gasteiger partial charge is 0.207 e. The molecule has 3 heterocycles. The van der Waals surface area contributed by atoms with Crippen LogP contribution in [-0.4, -0.2) is 47.6 Å². The molecule has 0 radical (unpaired) electrons. The quantitative estimate of drug-likeness (QED) is 0.599. The minimum absolute atomic E-state index is 0.210. The van der Waals surface area contributed by atoms with Gasteiger partial charge in [-0.2, -0.15) is 9.78 Å². The van der Waals surface area contributed by atoms with E-state index in [9.17, 15) is 0 Å². The van der Waals surface area contributed by atoms with Crippen molar-refractivity contribution in [2.75, 3.05) is 31.5 Å². The molecule has 1 unspecified atom stereocenters. The lowest BCUT2D eigenvalue weighted by Crippen LogP contribution is -2.49. The molecule has 32 heavy (non-hydrogen) atoms. The van der Waals surface area contributed by atoms with Crippen molar-refractivity contribution < 1.29 is 14.5 Å². The number of rotatable bonds is 4. The van der Waals surface area contributed by atoms with Gasteiger partial charge in [0.15, 0.2) is 0 Å². The number of piperidine rings is 1. The number of aromatic nitrogens is 1. The molecule has 174 valence electrons. The van der Waals surface area contributed by atoms with Crippen LogP contribution < -0.4 is 5.32 Å². The van der Waals surface area contributed by atoms with Crippen molar-refractivity contribution in [3.63, 3.8) is 0 Å². The minimum atomic E-state index is -0.586. The van der Waals surface area contributed by atoms with Crippen molar-refractivity contribution in [3.05, 3.63) is 35.5 Å². The van der Waals surface area contributed by atoms with E-state index in [1.165, 1.54) is 6.42 Å². The maximum Gasteiger partial charge on any atom is 0.207 e. The highest BCUT2D eigenvalue weighted by molar-refractivity contribution is 6.31. The Morgan fingerprint density at radius 3 is 2.69 bits per heavy atom. The second-order valence-corrected chi connectivity index (χ2v) is 11.2. The van der Waals surface area contributed by atoms with Gasteiger partial charge in [-0.1, -0.05) is 32.4 Å². The number of hydrogen-bond donors (Lipinski definition) is 1. The molecule has 1 saturated carbocycles. The lowest BCUT2D eigenvalue weighted by Gasteiger charge is -2.44. The Kier molecular flexibility index (Phi) is 5.87. The van der Waals surface area contributed by atoms with Crippen molar-refractivity contribution >= 4 is 28.2 Å². The monoisotopic (exact) mass is 459 g/mol. The van der Waals surface area contributed by atoms with Gasteiger partial charge in [0.1, 0.15) is 0 Å². The molecule has 3 aliphatic rings. The molecule has 1 aromatic heterocycles. The number of anilines is 1. The summed E-state index contributed by atoms with van der Waals surface area (Å²) in [7, 11) is 0. The topological polar surface area (TPSA) is 55.9 Å². The van der Waals surface area contributed by atoms with Crippen molar-refractivity contribution in [1.29, 1.82) is 0 Å². The molecule has 5 rings (SSSR count). The third-order valence-electron chi connectivity index (χ3n) is 7.09. The molecule has 2 saturated heterocycles. The van der Waals surface area contributed by atoms with E-state index in [2.05, 4.69) is 36.0 Å². The number of benzene rings is 1. The molecule has 1 aliphatic carbocycles. The Morgan fingerprint density at radius 1 is 1.12 bits per heavy atom. The van der Waals surface area contributed by atoms with Crippen LogP contribution in [0.15, 0.2) is 30.5 Å². The lowest BCUT2D eigenvalue weighted by molar-refractivity contribution is -0.364. The van der Waals surface area contributed by atoms with Gasteiger partial charge in [0, 0.05) is 74.2 Å². The van der Waals surface area contributed by atoms with E-state index in [0.717, 1.165) is 68.5 Å². The minimum Gasteiger partial charge on any atom is -0.383 e. The maximum absolute atomic E-state index is 6.60. The van der Waals surface area contributed by atoms with Crippen LogP contribution in [-0.2, 0) is 14.5 Å². The van der Waals surface area contributed by atoms with Crippen LogP contribution >= 0.6 is 11.6 Å². The summed E-state index contributed by atoms with van der Waals surface area (Å²) in [4.78, 5) is 18.7. The van der Waals surface area contributed by atoms with Gasteiger partial charge < -0.3 is 15.0 Å². The van der Waals surface area contributed by atoms with E-state index in [1.807, 2.05) is 30.5 Å². The second-order valence-electron chi connectivity index (χ2n) is 10.7. The Morgan fingerprint density at radius 2 is 1.91 bits per heavy atom. The van der Waals surface area contributed by atoms with Crippen molar-refractivity contribution in [1.82, 2.24) is 9.88 Å². The van der Waals surface area contributed by atoms with Crippen molar-refractivity contribution in [3.8, 4) is 0 Å². The average Bonchev–Trinajstić information content (AvgIpc) is 3.04. The number of nitrogens with zero attached hydrogens (tertiary/aromatic N) is 2. The fourth-order valence-electron chi connectivity index (χ4n) is 6.01. The zero-order valence-electron chi connectivity index (χ0n) is 19.3. The Labute approximate surface area is 195 Å². The zero-order chi connectivity index (χ0) is 22.4. The van der Waals surface area contributed by atoms with E-state index in [1.54, 1.807) is 0 Å². The van der Waals surface area contributed by atoms with Crippen LogP contribution in [0.25, 0.3) is 10.9 Å². The standard InChI is InChI=1S/C25H34ClN3O3/c1-18-15-23(2,3)17-25(16-18)30-24(31-32-25)7-11-29(12-8-24)13-10-28-21-6-9-27-22-14-19(26)4-5-20(21)22/h4-6,9,14,18H,7-8,10-13,15-17H2,1-3H3,(H,27,28)/t18-,25?/m0/s1.